The first-order valence-corrected chi connectivity index (χ1v) is 5.62. The minimum Gasteiger partial charge on any atom is -0.481 e. The summed E-state index contributed by atoms with van der Waals surface area (Å²) in [7, 11) is 0. The van der Waals surface area contributed by atoms with Gasteiger partial charge in [-0.1, -0.05) is 42.0 Å². The van der Waals surface area contributed by atoms with Gasteiger partial charge in [0, 0.05) is 5.92 Å². The van der Waals surface area contributed by atoms with Crippen LogP contribution < -0.4 is 0 Å². The largest absolute Gasteiger partial charge is 0.481 e. The van der Waals surface area contributed by atoms with Gasteiger partial charge in [0.15, 0.2) is 0 Å². The molecule has 1 aromatic rings. The highest BCUT2D eigenvalue weighted by Gasteiger charge is 2.31. The number of hydrogen-bond acceptors (Lipinski definition) is 1. The maximum atomic E-state index is 11.2. The van der Waals surface area contributed by atoms with E-state index in [1.807, 2.05) is 30.3 Å². The highest BCUT2D eigenvalue weighted by Crippen LogP contribution is 2.37. The zero-order chi connectivity index (χ0) is 11.5. The molecule has 1 aromatic carbocycles. The summed E-state index contributed by atoms with van der Waals surface area (Å²) in [6.45, 7) is 2.08. The molecule has 2 rings (SSSR count). The van der Waals surface area contributed by atoms with Crippen LogP contribution in [0.2, 0.25) is 0 Å². The van der Waals surface area contributed by atoms with E-state index in [0.717, 1.165) is 12.0 Å². The molecule has 0 amide bonds. The van der Waals surface area contributed by atoms with Crippen molar-refractivity contribution < 1.29 is 9.90 Å². The van der Waals surface area contributed by atoms with Crippen LogP contribution in [0.15, 0.2) is 42.0 Å². The summed E-state index contributed by atoms with van der Waals surface area (Å²) in [4.78, 5) is 11.2. The number of carboxylic acid groups (broad SMARTS) is 1. The summed E-state index contributed by atoms with van der Waals surface area (Å²) in [5.41, 5.74) is 2.44. The Morgan fingerprint density at radius 1 is 1.31 bits per heavy atom. The SMILES string of the molecule is CC1=CC[C@H](C(=O)O)[C@H](c2ccccc2)C1. The van der Waals surface area contributed by atoms with Gasteiger partial charge in [0.1, 0.15) is 0 Å². The van der Waals surface area contributed by atoms with Crippen molar-refractivity contribution >= 4 is 5.97 Å². The zero-order valence-electron chi connectivity index (χ0n) is 9.39. The normalized spacial score (nSPS) is 24.9. The van der Waals surface area contributed by atoms with Crippen molar-refractivity contribution in [3.63, 3.8) is 0 Å². The number of carbonyl (C=O) groups is 1. The Labute approximate surface area is 95.6 Å². The number of hydrogen-bond donors (Lipinski definition) is 1. The van der Waals surface area contributed by atoms with E-state index in [-0.39, 0.29) is 11.8 Å². The summed E-state index contributed by atoms with van der Waals surface area (Å²) < 4.78 is 0. The van der Waals surface area contributed by atoms with Crippen LogP contribution in [0.4, 0.5) is 0 Å². The van der Waals surface area contributed by atoms with Gasteiger partial charge < -0.3 is 5.11 Å². The molecular formula is C14H16O2. The molecular weight excluding hydrogens is 200 g/mol. The molecule has 0 unspecified atom stereocenters. The van der Waals surface area contributed by atoms with Crippen molar-refractivity contribution in [3.05, 3.63) is 47.5 Å². The van der Waals surface area contributed by atoms with E-state index in [1.54, 1.807) is 0 Å². The Morgan fingerprint density at radius 2 is 2.00 bits per heavy atom. The molecule has 2 heteroatoms. The third-order valence-corrected chi connectivity index (χ3v) is 3.29. The summed E-state index contributed by atoms with van der Waals surface area (Å²) >= 11 is 0. The van der Waals surface area contributed by atoms with E-state index in [4.69, 9.17) is 0 Å². The average Bonchev–Trinajstić information content (AvgIpc) is 2.29. The Hall–Kier alpha value is -1.57. The second-order valence-corrected chi connectivity index (χ2v) is 4.45. The van der Waals surface area contributed by atoms with Crippen molar-refractivity contribution in [1.29, 1.82) is 0 Å². The lowest BCUT2D eigenvalue weighted by molar-refractivity contribution is -0.142. The Bertz CT molecular complexity index is 406. The molecule has 1 aliphatic carbocycles. The number of allylic oxidation sites excluding steroid dienone is 2. The quantitative estimate of drug-likeness (QED) is 0.771. The van der Waals surface area contributed by atoms with Crippen molar-refractivity contribution in [3.8, 4) is 0 Å². The molecule has 0 spiro atoms. The minimum absolute atomic E-state index is 0.128. The Morgan fingerprint density at radius 3 is 2.62 bits per heavy atom. The molecule has 16 heavy (non-hydrogen) atoms. The van der Waals surface area contributed by atoms with Crippen molar-refractivity contribution in [2.75, 3.05) is 0 Å². The molecule has 2 nitrogen and oxygen atoms in total. The zero-order valence-corrected chi connectivity index (χ0v) is 9.39. The lowest BCUT2D eigenvalue weighted by Crippen LogP contribution is -2.24. The number of rotatable bonds is 2. The van der Waals surface area contributed by atoms with Gasteiger partial charge >= 0.3 is 5.97 Å². The highest BCUT2D eigenvalue weighted by atomic mass is 16.4. The predicted octanol–water partition coefficient (Wildman–Crippen LogP) is 3.21. The number of carboxylic acids is 1. The van der Waals surface area contributed by atoms with Gasteiger partial charge in [-0.3, -0.25) is 4.79 Å². The van der Waals surface area contributed by atoms with Crippen LogP contribution in [0.25, 0.3) is 0 Å². The number of aliphatic carboxylic acids is 1. The fourth-order valence-corrected chi connectivity index (χ4v) is 2.39. The Kier molecular flexibility index (Phi) is 3.09. The van der Waals surface area contributed by atoms with Crippen LogP contribution in [0, 0.1) is 5.92 Å². The van der Waals surface area contributed by atoms with E-state index in [1.165, 1.54) is 5.57 Å². The lowest BCUT2D eigenvalue weighted by atomic mass is 9.76. The van der Waals surface area contributed by atoms with E-state index >= 15 is 0 Å². The summed E-state index contributed by atoms with van der Waals surface area (Å²) in [5, 5.41) is 9.23. The van der Waals surface area contributed by atoms with Gasteiger partial charge in [0.25, 0.3) is 0 Å². The summed E-state index contributed by atoms with van der Waals surface area (Å²) in [5.74, 6) is -0.826. The molecule has 0 radical (unpaired) electrons. The first kappa shape index (κ1) is 10.9. The topological polar surface area (TPSA) is 37.3 Å². The number of benzene rings is 1. The summed E-state index contributed by atoms with van der Waals surface area (Å²) in [6.07, 6.45) is 3.57. The van der Waals surface area contributed by atoms with E-state index in [0.29, 0.717) is 6.42 Å². The molecule has 0 bridgehead atoms. The molecule has 0 fully saturated rings. The van der Waals surface area contributed by atoms with Gasteiger partial charge in [0.05, 0.1) is 5.92 Å². The standard InChI is InChI=1S/C14H16O2/c1-10-7-8-12(14(15)16)13(9-10)11-5-3-2-4-6-11/h2-7,12-13H,8-9H2,1H3,(H,15,16)/t12-,13-/m0/s1. The molecule has 0 aliphatic heterocycles. The first-order valence-electron chi connectivity index (χ1n) is 5.62. The molecule has 0 heterocycles. The van der Waals surface area contributed by atoms with E-state index in [9.17, 15) is 9.90 Å². The third-order valence-electron chi connectivity index (χ3n) is 3.29. The van der Waals surface area contributed by atoms with Gasteiger partial charge in [-0.05, 0) is 25.3 Å². The van der Waals surface area contributed by atoms with Crippen molar-refractivity contribution in [2.45, 2.75) is 25.7 Å². The maximum absolute atomic E-state index is 11.2. The van der Waals surface area contributed by atoms with Crippen molar-refractivity contribution in [2.24, 2.45) is 5.92 Å². The second kappa shape index (κ2) is 4.52. The molecule has 84 valence electrons. The van der Waals surface area contributed by atoms with Crippen LogP contribution in [-0.2, 0) is 4.79 Å². The van der Waals surface area contributed by atoms with Gasteiger partial charge in [-0.25, -0.2) is 0 Å². The molecule has 0 aromatic heterocycles. The summed E-state index contributed by atoms with van der Waals surface area (Å²) in [6, 6.07) is 9.97. The van der Waals surface area contributed by atoms with Crippen molar-refractivity contribution in [1.82, 2.24) is 0 Å². The second-order valence-electron chi connectivity index (χ2n) is 4.45. The first-order chi connectivity index (χ1) is 7.68. The van der Waals surface area contributed by atoms with Gasteiger partial charge in [-0.2, -0.15) is 0 Å². The van der Waals surface area contributed by atoms with Gasteiger partial charge in [-0.15, -0.1) is 0 Å². The molecule has 0 saturated carbocycles. The molecule has 1 N–H and O–H groups in total. The molecule has 0 saturated heterocycles. The van der Waals surface area contributed by atoms with E-state index in [2.05, 4.69) is 13.0 Å². The fraction of sp³-hybridized carbons (Fsp3) is 0.357. The van der Waals surface area contributed by atoms with Crippen LogP contribution in [0.1, 0.15) is 31.2 Å². The van der Waals surface area contributed by atoms with E-state index < -0.39 is 5.97 Å². The molecule has 2 atom stereocenters. The molecule has 1 aliphatic rings. The fourth-order valence-electron chi connectivity index (χ4n) is 2.39. The van der Waals surface area contributed by atoms with Crippen LogP contribution in [0.3, 0.4) is 0 Å². The average molecular weight is 216 g/mol. The smallest absolute Gasteiger partial charge is 0.307 e. The minimum atomic E-state index is -0.683. The van der Waals surface area contributed by atoms with Crippen LogP contribution in [0.5, 0.6) is 0 Å². The maximum Gasteiger partial charge on any atom is 0.307 e. The predicted molar refractivity (Wildman–Crippen MR) is 63.3 cm³/mol. The Balaban J connectivity index is 2.30. The monoisotopic (exact) mass is 216 g/mol. The lowest BCUT2D eigenvalue weighted by Gasteiger charge is -2.28. The van der Waals surface area contributed by atoms with Crippen LogP contribution in [-0.4, -0.2) is 11.1 Å². The van der Waals surface area contributed by atoms with Gasteiger partial charge in [0.2, 0.25) is 0 Å². The third kappa shape index (κ3) is 2.16. The highest BCUT2D eigenvalue weighted by molar-refractivity contribution is 5.72. The van der Waals surface area contributed by atoms with Crippen LogP contribution >= 0.6 is 0 Å².